The third-order valence-corrected chi connectivity index (χ3v) is 5.38. The first-order chi connectivity index (χ1) is 16.6. The predicted molar refractivity (Wildman–Crippen MR) is 128 cm³/mol. The highest BCUT2D eigenvalue weighted by Crippen LogP contribution is 2.27. The summed E-state index contributed by atoms with van der Waals surface area (Å²) in [6.45, 7) is 0.292. The lowest BCUT2D eigenvalue weighted by Gasteiger charge is -2.19. The van der Waals surface area contributed by atoms with E-state index in [1.165, 1.54) is 6.07 Å². The Balaban J connectivity index is 1.40. The molecule has 0 unspecified atom stereocenters. The van der Waals surface area contributed by atoms with Gasteiger partial charge in [0.05, 0.1) is 13.5 Å². The molecule has 4 aromatic carbocycles. The minimum Gasteiger partial charge on any atom is -0.497 e. The number of methoxy groups -OCH3 is 1. The molecule has 172 valence electrons. The number of carbonyl (C=O) groups excluding carboxylic acids is 1. The second-order valence-corrected chi connectivity index (χ2v) is 7.76. The molecule has 0 bridgehead atoms. The van der Waals surface area contributed by atoms with Crippen molar-refractivity contribution in [3.63, 3.8) is 0 Å². The average molecular weight is 457 g/mol. The molecular weight excluding hydrogens is 431 g/mol. The lowest BCUT2D eigenvalue weighted by molar-refractivity contribution is -0.146. The van der Waals surface area contributed by atoms with Gasteiger partial charge in [-0.15, -0.1) is 0 Å². The van der Waals surface area contributed by atoms with Crippen molar-refractivity contribution in [2.45, 2.75) is 19.1 Å². The van der Waals surface area contributed by atoms with Gasteiger partial charge in [0.25, 0.3) is 0 Å². The summed E-state index contributed by atoms with van der Waals surface area (Å²) in [6, 6.07) is 30.9. The van der Waals surface area contributed by atoms with Crippen LogP contribution in [0.15, 0.2) is 103 Å². The van der Waals surface area contributed by atoms with E-state index in [4.69, 9.17) is 14.2 Å². The Hall–Kier alpha value is -4.12. The molecule has 4 rings (SSSR count). The number of ether oxygens (including phenoxy) is 3. The van der Waals surface area contributed by atoms with E-state index in [1.54, 1.807) is 19.2 Å². The van der Waals surface area contributed by atoms with Gasteiger partial charge >= 0.3 is 5.97 Å². The summed E-state index contributed by atoms with van der Waals surface area (Å²) in [5, 5.41) is 0. The minimum absolute atomic E-state index is 0.180. The van der Waals surface area contributed by atoms with Crippen molar-refractivity contribution < 1.29 is 23.4 Å². The van der Waals surface area contributed by atoms with Crippen LogP contribution in [-0.2, 0) is 22.6 Å². The lowest BCUT2D eigenvalue weighted by atomic mass is 10.0. The SMILES string of the molecule is COc1ccc(COc2ccc(CC(=O)OC(c3ccccc3)c3ccccc3)c(F)c2)cc1. The van der Waals surface area contributed by atoms with Crippen molar-refractivity contribution in [3.05, 3.63) is 131 Å². The maximum Gasteiger partial charge on any atom is 0.311 e. The topological polar surface area (TPSA) is 44.8 Å². The minimum atomic E-state index is -0.565. The van der Waals surface area contributed by atoms with E-state index < -0.39 is 17.9 Å². The Morgan fingerprint density at radius 2 is 1.38 bits per heavy atom. The highest BCUT2D eigenvalue weighted by Gasteiger charge is 2.20. The molecule has 5 heteroatoms. The molecule has 0 saturated heterocycles. The largest absolute Gasteiger partial charge is 0.497 e. The fraction of sp³-hybridized carbons (Fsp3) is 0.138. The lowest BCUT2D eigenvalue weighted by Crippen LogP contribution is -2.15. The number of halogens is 1. The van der Waals surface area contributed by atoms with Crippen molar-refractivity contribution in [1.82, 2.24) is 0 Å². The standard InChI is InChI=1S/C29H25FO4/c1-32-25-15-12-21(13-16-25)20-33-26-17-14-24(27(30)19-26)18-28(31)34-29(22-8-4-2-5-9-22)23-10-6-3-7-11-23/h2-17,19,29H,18,20H2,1H3. The monoisotopic (exact) mass is 456 g/mol. The van der Waals surface area contributed by atoms with Crippen molar-refractivity contribution in [2.24, 2.45) is 0 Å². The summed E-state index contributed by atoms with van der Waals surface area (Å²) >= 11 is 0. The summed E-state index contributed by atoms with van der Waals surface area (Å²) in [5.74, 6) is 0.119. The Kier molecular flexibility index (Phi) is 7.56. The van der Waals surface area contributed by atoms with Gasteiger partial charge in [0, 0.05) is 6.07 Å². The van der Waals surface area contributed by atoms with E-state index in [9.17, 15) is 9.18 Å². The number of hydrogen-bond acceptors (Lipinski definition) is 4. The molecule has 4 aromatic rings. The Labute approximate surface area is 198 Å². The van der Waals surface area contributed by atoms with Crippen LogP contribution in [0.1, 0.15) is 28.4 Å². The molecule has 0 aliphatic heterocycles. The number of carbonyl (C=O) groups is 1. The van der Waals surface area contributed by atoms with Gasteiger partial charge in [-0.2, -0.15) is 0 Å². The highest BCUT2D eigenvalue weighted by molar-refractivity contribution is 5.73. The van der Waals surface area contributed by atoms with E-state index >= 15 is 0 Å². The van der Waals surface area contributed by atoms with Gasteiger partial charge in [-0.3, -0.25) is 4.79 Å². The summed E-state index contributed by atoms with van der Waals surface area (Å²) in [6.07, 6.45) is -0.745. The maximum atomic E-state index is 14.7. The predicted octanol–water partition coefficient (Wildman–Crippen LogP) is 6.29. The molecule has 0 atom stereocenters. The molecule has 0 heterocycles. The zero-order valence-corrected chi connectivity index (χ0v) is 18.8. The van der Waals surface area contributed by atoms with Gasteiger partial charge in [-0.1, -0.05) is 78.9 Å². The second kappa shape index (κ2) is 11.1. The Morgan fingerprint density at radius 3 is 1.94 bits per heavy atom. The van der Waals surface area contributed by atoms with Gasteiger partial charge in [-0.25, -0.2) is 4.39 Å². The van der Waals surface area contributed by atoms with Gasteiger partial charge in [-0.05, 0) is 40.5 Å². The Morgan fingerprint density at radius 1 is 0.794 bits per heavy atom. The fourth-order valence-electron chi connectivity index (χ4n) is 3.56. The molecule has 0 N–H and O–H groups in total. The normalized spacial score (nSPS) is 10.7. The van der Waals surface area contributed by atoms with Gasteiger partial charge in [0.2, 0.25) is 0 Å². The smallest absolute Gasteiger partial charge is 0.311 e. The molecule has 0 aliphatic carbocycles. The first-order valence-corrected chi connectivity index (χ1v) is 11.0. The first-order valence-electron chi connectivity index (χ1n) is 11.0. The molecule has 34 heavy (non-hydrogen) atoms. The fourth-order valence-corrected chi connectivity index (χ4v) is 3.56. The molecule has 4 nitrogen and oxygen atoms in total. The van der Waals surface area contributed by atoms with Crippen molar-refractivity contribution in [2.75, 3.05) is 7.11 Å². The summed E-state index contributed by atoms with van der Waals surface area (Å²) in [5.41, 5.74) is 2.89. The maximum absolute atomic E-state index is 14.7. The van der Waals surface area contributed by atoms with Crippen LogP contribution in [0.2, 0.25) is 0 Å². The number of hydrogen-bond donors (Lipinski definition) is 0. The van der Waals surface area contributed by atoms with Crippen LogP contribution in [0, 0.1) is 5.82 Å². The van der Waals surface area contributed by atoms with Crippen LogP contribution in [0.3, 0.4) is 0 Å². The van der Waals surface area contributed by atoms with Gasteiger partial charge < -0.3 is 14.2 Å². The second-order valence-electron chi connectivity index (χ2n) is 7.76. The summed E-state index contributed by atoms with van der Waals surface area (Å²) in [4.78, 5) is 12.7. The summed E-state index contributed by atoms with van der Waals surface area (Å²) < 4.78 is 31.3. The molecular formula is C29H25FO4. The average Bonchev–Trinajstić information content (AvgIpc) is 2.89. The quantitative estimate of drug-likeness (QED) is 0.278. The third kappa shape index (κ3) is 6.01. The van der Waals surface area contributed by atoms with Gasteiger partial charge in [0.15, 0.2) is 6.10 Å². The van der Waals surface area contributed by atoms with Crippen LogP contribution < -0.4 is 9.47 Å². The highest BCUT2D eigenvalue weighted by atomic mass is 19.1. The number of rotatable bonds is 9. The molecule has 0 amide bonds. The van der Waals surface area contributed by atoms with Crippen LogP contribution in [0.25, 0.3) is 0 Å². The molecule has 0 spiro atoms. The zero-order chi connectivity index (χ0) is 23.8. The molecule has 0 saturated carbocycles. The zero-order valence-electron chi connectivity index (χ0n) is 18.8. The number of benzene rings is 4. The van der Waals surface area contributed by atoms with Gasteiger partial charge in [0.1, 0.15) is 23.9 Å². The van der Waals surface area contributed by atoms with Crippen LogP contribution in [-0.4, -0.2) is 13.1 Å². The van der Waals surface area contributed by atoms with Crippen LogP contribution in [0.5, 0.6) is 11.5 Å². The van der Waals surface area contributed by atoms with Crippen LogP contribution >= 0.6 is 0 Å². The first kappa shape index (κ1) is 23.1. The van der Waals surface area contributed by atoms with Crippen LogP contribution in [0.4, 0.5) is 4.39 Å². The van der Waals surface area contributed by atoms with E-state index in [-0.39, 0.29) is 12.0 Å². The molecule has 0 aromatic heterocycles. The van der Waals surface area contributed by atoms with E-state index in [0.29, 0.717) is 12.4 Å². The molecule has 0 aliphatic rings. The third-order valence-electron chi connectivity index (χ3n) is 5.38. The van der Waals surface area contributed by atoms with E-state index in [2.05, 4.69) is 0 Å². The van der Waals surface area contributed by atoms with E-state index in [0.717, 1.165) is 22.4 Å². The Bertz CT molecular complexity index is 1170. The van der Waals surface area contributed by atoms with Crippen molar-refractivity contribution >= 4 is 5.97 Å². The molecule has 0 fully saturated rings. The van der Waals surface area contributed by atoms with Crippen molar-refractivity contribution in [1.29, 1.82) is 0 Å². The van der Waals surface area contributed by atoms with E-state index in [1.807, 2.05) is 84.9 Å². The summed E-state index contributed by atoms with van der Waals surface area (Å²) in [7, 11) is 1.61. The molecule has 0 radical (unpaired) electrons. The van der Waals surface area contributed by atoms with Crippen molar-refractivity contribution in [3.8, 4) is 11.5 Å². The number of esters is 1.